The van der Waals surface area contributed by atoms with E-state index in [0.29, 0.717) is 16.6 Å². The molecule has 0 bridgehead atoms. The van der Waals surface area contributed by atoms with Crippen molar-refractivity contribution in [1.29, 1.82) is 0 Å². The largest absolute Gasteiger partial charge is 0.395 e. The van der Waals surface area contributed by atoms with Gasteiger partial charge in [-0.05, 0) is 37.3 Å². The van der Waals surface area contributed by atoms with E-state index >= 15 is 0 Å². The van der Waals surface area contributed by atoms with E-state index in [-0.39, 0.29) is 30.5 Å². The van der Waals surface area contributed by atoms with Crippen molar-refractivity contribution in [1.82, 2.24) is 14.9 Å². The number of halogens is 1. The summed E-state index contributed by atoms with van der Waals surface area (Å²) < 4.78 is 1.57. The molecule has 0 radical (unpaired) electrons. The van der Waals surface area contributed by atoms with Crippen molar-refractivity contribution in [3.8, 4) is 0 Å². The van der Waals surface area contributed by atoms with Crippen molar-refractivity contribution >= 4 is 29.3 Å². The number of carbonyl (C=O) groups is 1. The maximum Gasteiger partial charge on any atom is 0.348 e. The van der Waals surface area contributed by atoms with E-state index in [1.807, 2.05) is 18.2 Å². The van der Waals surface area contributed by atoms with Gasteiger partial charge < -0.3 is 10.4 Å². The van der Waals surface area contributed by atoms with Gasteiger partial charge in [0.1, 0.15) is 5.03 Å². The lowest BCUT2D eigenvalue weighted by Crippen LogP contribution is -2.31. The first-order valence-electron chi connectivity index (χ1n) is 8.96. The number of rotatable bonds is 7. The van der Waals surface area contributed by atoms with Gasteiger partial charge >= 0.3 is 5.69 Å². The number of aliphatic hydroxyl groups excluding tert-OH is 1. The van der Waals surface area contributed by atoms with Crippen LogP contribution in [0.1, 0.15) is 29.7 Å². The number of amides is 1. The molecular formula is C19H22ClN3O3S. The van der Waals surface area contributed by atoms with Gasteiger partial charge in [-0.25, -0.2) is 4.79 Å². The third kappa shape index (κ3) is 4.91. The molecule has 6 nitrogen and oxygen atoms in total. The molecule has 1 aliphatic carbocycles. The Morgan fingerprint density at radius 1 is 1.30 bits per heavy atom. The van der Waals surface area contributed by atoms with Crippen LogP contribution in [-0.4, -0.2) is 32.9 Å². The Hall–Kier alpha value is -1.83. The SMILES string of the molecule is O=C(CSc1nc(=O)n(CCO)c2c1CCCC2)NCc1ccccc1Cl. The predicted octanol–water partition coefficient (Wildman–Crippen LogP) is 2.18. The topological polar surface area (TPSA) is 84.2 Å². The summed E-state index contributed by atoms with van der Waals surface area (Å²) >= 11 is 7.39. The maximum absolute atomic E-state index is 12.3. The van der Waals surface area contributed by atoms with Crippen LogP contribution in [0.3, 0.4) is 0 Å². The fourth-order valence-corrected chi connectivity index (χ4v) is 4.33. The third-order valence-corrected chi connectivity index (χ3v) is 5.93. The Morgan fingerprint density at radius 3 is 2.85 bits per heavy atom. The van der Waals surface area contributed by atoms with Crippen molar-refractivity contribution < 1.29 is 9.90 Å². The van der Waals surface area contributed by atoms with Gasteiger partial charge in [0.2, 0.25) is 5.91 Å². The van der Waals surface area contributed by atoms with Gasteiger partial charge in [0, 0.05) is 22.8 Å². The standard InChI is InChI=1S/C19H22ClN3O3S/c20-15-7-3-1-5-13(15)11-21-17(25)12-27-18-14-6-2-4-8-16(14)23(9-10-24)19(26)22-18/h1,3,5,7,24H,2,4,6,8-12H2,(H,21,25). The number of fused-ring (bicyclic) bond motifs is 1. The highest BCUT2D eigenvalue weighted by atomic mass is 35.5. The lowest BCUT2D eigenvalue weighted by atomic mass is 9.97. The van der Waals surface area contributed by atoms with Crippen molar-refractivity contribution in [2.24, 2.45) is 0 Å². The smallest absolute Gasteiger partial charge is 0.348 e. The van der Waals surface area contributed by atoms with Crippen LogP contribution in [0, 0.1) is 0 Å². The Balaban J connectivity index is 1.67. The summed E-state index contributed by atoms with van der Waals surface area (Å²) in [6.07, 6.45) is 3.71. The van der Waals surface area contributed by atoms with Gasteiger partial charge in [-0.15, -0.1) is 0 Å². The molecule has 2 N–H and O–H groups in total. The Kier molecular flexibility index (Phi) is 6.93. The van der Waals surface area contributed by atoms with E-state index in [9.17, 15) is 14.7 Å². The second kappa shape index (κ2) is 9.39. The summed E-state index contributed by atoms with van der Waals surface area (Å²) in [5.74, 6) is 0.0543. The molecule has 3 rings (SSSR count). The summed E-state index contributed by atoms with van der Waals surface area (Å²) in [7, 11) is 0. The number of benzene rings is 1. The van der Waals surface area contributed by atoms with Gasteiger partial charge in [-0.3, -0.25) is 9.36 Å². The van der Waals surface area contributed by atoms with Crippen LogP contribution >= 0.6 is 23.4 Å². The number of hydrogen-bond donors (Lipinski definition) is 2. The molecule has 0 aliphatic heterocycles. The molecule has 0 saturated carbocycles. The second-order valence-electron chi connectivity index (χ2n) is 6.36. The van der Waals surface area contributed by atoms with Crippen LogP contribution < -0.4 is 11.0 Å². The van der Waals surface area contributed by atoms with E-state index in [1.54, 1.807) is 10.6 Å². The number of nitrogens with one attached hydrogen (secondary N) is 1. The van der Waals surface area contributed by atoms with E-state index in [2.05, 4.69) is 10.3 Å². The average Bonchev–Trinajstić information content (AvgIpc) is 2.68. The minimum absolute atomic E-state index is 0.0923. The molecule has 1 heterocycles. The Bertz CT molecular complexity index is 885. The molecular weight excluding hydrogens is 386 g/mol. The van der Waals surface area contributed by atoms with Crippen LogP contribution in [0.15, 0.2) is 34.1 Å². The number of hydrogen-bond acceptors (Lipinski definition) is 5. The molecule has 27 heavy (non-hydrogen) atoms. The average molecular weight is 408 g/mol. The van der Waals surface area contributed by atoms with Crippen LogP contribution in [0.25, 0.3) is 0 Å². The van der Waals surface area contributed by atoms with Crippen molar-refractivity contribution in [3.63, 3.8) is 0 Å². The molecule has 1 aromatic carbocycles. The van der Waals surface area contributed by atoms with E-state index in [0.717, 1.165) is 42.5 Å². The summed E-state index contributed by atoms with van der Waals surface area (Å²) in [5.41, 5.74) is 2.50. The molecule has 0 fully saturated rings. The molecule has 1 aromatic heterocycles. The molecule has 2 aromatic rings. The first-order chi connectivity index (χ1) is 13.1. The number of carbonyl (C=O) groups excluding carboxylic acids is 1. The van der Waals surface area contributed by atoms with E-state index in [4.69, 9.17) is 11.6 Å². The van der Waals surface area contributed by atoms with Gasteiger partial charge in [-0.2, -0.15) is 4.98 Å². The lowest BCUT2D eigenvalue weighted by Gasteiger charge is -2.22. The first kappa shape index (κ1) is 19.9. The number of aliphatic hydroxyl groups is 1. The van der Waals surface area contributed by atoms with Gasteiger partial charge in [0.25, 0.3) is 0 Å². The fourth-order valence-electron chi connectivity index (χ4n) is 3.22. The molecule has 0 atom stereocenters. The van der Waals surface area contributed by atoms with Crippen LogP contribution in [0.4, 0.5) is 0 Å². The van der Waals surface area contributed by atoms with Crippen molar-refractivity contribution in [2.75, 3.05) is 12.4 Å². The minimum atomic E-state index is -0.358. The molecule has 0 unspecified atom stereocenters. The highest BCUT2D eigenvalue weighted by Crippen LogP contribution is 2.28. The first-order valence-corrected chi connectivity index (χ1v) is 10.3. The molecule has 1 aliphatic rings. The quantitative estimate of drug-likeness (QED) is 0.543. The molecule has 144 valence electrons. The van der Waals surface area contributed by atoms with E-state index < -0.39 is 0 Å². The minimum Gasteiger partial charge on any atom is -0.395 e. The molecule has 0 saturated heterocycles. The predicted molar refractivity (Wildman–Crippen MR) is 106 cm³/mol. The lowest BCUT2D eigenvalue weighted by molar-refractivity contribution is -0.118. The van der Waals surface area contributed by atoms with Crippen molar-refractivity contribution in [2.45, 2.75) is 43.8 Å². The van der Waals surface area contributed by atoms with Crippen molar-refractivity contribution in [3.05, 3.63) is 56.6 Å². The molecule has 1 amide bonds. The summed E-state index contributed by atoms with van der Waals surface area (Å²) in [6, 6.07) is 7.38. The van der Waals surface area contributed by atoms with Gasteiger partial charge in [0.05, 0.1) is 18.9 Å². The number of nitrogens with zero attached hydrogens (tertiary/aromatic N) is 2. The van der Waals surface area contributed by atoms with Gasteiger partial charge in [0.15, 0.2) is 0 Å². The zero-order chi connectivity index (χ0) is 19.2. The third-order valence-electron chi connectivity index (χ3n) is 4.55. The number of thioether (sulfide) groups is 1. The van der Waals surface area contributed by atoms with E-state index in [1.165, 1.54) is 11.8 Å². The monoisotopic (exact) mass is 407 g/mol. The number of aromatic nitrogens is 2. The fraction of sp³-hybridized carbons (Fsp3) is 0.421. The normalized spacial score (nSPS) is 13.3. The summed E-state index contributed by atoms with van der Waals surface area (Å²) in [6.45, 7) is 0.533. The zero-order valence-corrected chi connectivity index (χ0v) is 16.5. The molecule has 8 heteroatoms. The van der Waals surface area contributed by atoms with Gasteiger partial charge in [-0.1, -0.05) is 41.6 Å². The second-order valence-corrected chi connectivity index (χ2v) is 7.74. The van der Waals surface area contributed by atoms with Crippen LogP contribution in [0.2, 0.25) is 5.02 Å². The summed E-state index contributed by atoms with van der Waals surface area (Å²) in [4.78, 5) is 28.7. The van der Waals surface area contributed by atoms with Crippen LogP contribution in [-0.2, 0) is 30.7 Å². The molecule has 0 spiro atoms. The highest BCUT2D eigenvalue weighted by Gasteiger charge is 2.20. The summed E-state index contributed by atoms with van der Waals surface area (Å²) in [5, 5.41) is 13.3. The zero-order valence-electron chi connectivity index (χ0n) is 14.9. The highest BCUT2D eigenvalue weighted by molar-refractivity contribution is 7.99. The maximum atomic E-state index is 12.3. The van der Waals surface area contributed by atoms with Crippen LogP contribution in [0.5, 0.6) is 0 Å². The Labute approximate surface area is 167 Å². The Morgan fingerprint density at radius 2 is 2.07 bits per heavy atom.